The Morgan fingerprint density at radius 3 is 2.73 bits per heavy atom. The minimum Gasteiger partial charge on any atom is -0.461 e. The molecule has 0 fully saturated rings. The van der Waals surface area contributed by atoms with Crippen LogP contribution in [-0.4, -0.2) is 35.6 Å². The molecule has 1 aromatic rings. The lowest BCUT2D eigenvalue weighted by Crippen LogP contribution is -2.19. The molecule has 0 aliphatic heterocycles. The molecule has 1 aromatic heterocycles. The molecule has 0 spiro atoms. The quantitative estimate of drug-likeness (QED) is 0.433. The van der Waals surface area contributed by atoms with Crippen LogP contribution >= 0.6 is 11.3 Å². The van der Waals surface area contributed by atoms with Gasteiger partial charge in [-0.05, 0) is 13.8 Å². The van der Waals surface area contributed by atoms with Crippen LogP contribution in [0.3, 0.4) is 0 Å². The van der Waals surface area contributed by atoms with Crippen molar-refractivity contribution in [3.05, 3.63) is 10.0 Å². The van der Waals surface area contributed by atoms with Crippen LogP contribution in [0.25, 0.3) is 0 Å². The minimum atomic E-state index is -0.560. The third kappa shape index (κ3) is 2.98. The lowest BCUT2D eigenvalue weighted by Gasteiger charge is -2.00. The van der Waals surface area contributed by atoms with E-state index in [0.29, 0.717) is 5.01 Å². The van der Waals surface area contributed by atoms with Gasteiger partial charge in [0, 0.05) is 0 Å². The second-order valence-corrected chi connectivity index (χ2v) is 3.65. The number of rotatable bonds is 4. The number of hydrogen-bond donors (Lipinski definition) is 0. The van der Waals surface area contributed by atoms with Crippen LogP contribution in [0.15, 0.2) is 5.16 Å². The third-order valence-electron chi connectivity index (χ3n) is 1.38. The van der Waals surface area contributed by atoms with E-state index in [0.717, 1.165) is 5.01 Å². The molecule has 0 saturated heterocycles. The van der Waals surface area contributed by atoms with Crippen molar-refractivity contribution in [2.75, 3.05) is 13.7 Å². The highest BCUT2D eigenvalue weighted by molar-refractivity contribution is 7.14. The van der Waals surface area contributed by atoms with E-state index in [1.54, 1.807) is 13.8 Å². The summed E-state index contributed by atoms with van der Waals surface area (Å²) in [7, 11) is 1.35. The highest BCUT2D eigenvalue weighted by Crippen LogP contribution is 2.10. The van der Waals surface area contributed by atoms with Crippen molar-refractivity contribution in [2.45, 2.75) is 13.8 Å². The number of carbonyl (C=O) groups is 1. The maximum atomic E-state index is 11.4. The molecule has 0 aliphatic carbocycles. The zero-order valence-electron chi connectivity index (χ0n) is 8.68. The molecule has 6 nitrogen and oxygen atoms in total. The summed E-state index contributed by atoms with van der Waals surface area (Å²) < 4.78 is 4.81. The molecule has 0 atom stereocenters. The van der Waals surface area contributed by atoms with Crippen LogP contribution in [0.4, 0.5) is 0 Å². The molecule has 7 heteroatoms. The monoisotopic (exact) mass is 229 g/mol. The smallest absolute Gasteiger partial charge is 0.363 e. The van der Waals surface area contributed by atoms with Crippen LogP contribution in [0.1, 0.15) is 16.9 Å². The van der Waals surface area contributed by atoms with Gasteiger partial charge in [-0.1, -0.05) is 16.5 Å². The van der Waals surface area contributed by atoms with Crippen LogP contribution < -0.4 is 0 Å². The van der Waals surface area contributed by atoms with E-state index in [4.69, 9.17) is 4.74 Å². The van der Waals surface area contributed by atoms with Crippen molar-refractivity contribution in [1.82, 2.24) is 10.2 Å². The van der Waals surface area contributed by atoms with Gasteiger partial charge in [0.2, 0.25) is 5.71 Å². The molecule has 0 aliphatic rings. The number of nitrogens with zero attached hydrogens (tertiary/aromatic N) is 3. The van der Waals surface area contributed by atoms with E-state index < -0.39 is 5.97 Å². The molecular weight excluding hydrogens is 218 g/mol. The van der Waals surface area contributed by atoms with Gasteiger partial charge in [0.05, 0.1) is 6.61 Å². The molecule has 1 rings (SSSR count). The Kier molecular flexibility index (Phi) is 4.17. The molecule has 82 valence electrons. The summed E-state index contributed by atoms with van der Waals surface area (Å²) >= 11 is 1.26. The average molecular weight is 229 g/mol. The van der Waals surface area contributed by atoms with Gasteiger partial charge in [-0.25, -0.2) is 4.79 Å². The van der Waals surface area contributed by atoms with Crippen molar-refractivity contribution in [1.29, 1.82) is 0 Å². The molecule has 1 heterocycles. The van der Waals surface area contributed by atoms with Crippen LogP contribution in [-0.2, 0) is 14.4 Å². The second kappa shape index (κ2) is 5.40. The first kappa shape index (κ1) is 11.6. The second-order valence-electron chi connectivity index (χ2n) is 2.47. The van der Waals surface area contributed by atoms with E-state index in [2.05, 4.69) is 20.2 Å². The lowest BCUT2D eigenvalue weighted by molar-refractivity contribution is -0.135. The topological polar surface area (TPSA) is 73.7 Å². The maximum absolute atomic E-state index is 11.4. The fraction of sp³-hybridized carbons (Fsp3) is 0.500. The van der Waals surface area contributed by atoms with Gasteiger partial charge in [-0.15, -0.1) is 10.2 Å². The zero-order valence-corrected chi connectivity index (χ0v) is 9.50. The molecule has 0 N–H and O–H groups in total. The predicted octanol–water partition coefficient (Wildman–Crippen LogP) is 0.760. The van der Waals surface area contributed by atoms with Gasteiger partial charge in [0.15, 0.2) is 5.01 Å². The predicted molar refractivity (Wildman–Crippen MR) is 54.8 cm³/mol. The third-order valence-corrected chi connectivity index (χ3v) is 2.23. The molecule has 0 bridgehead atoms. The van der Waals surface area contributed by atoms with Crippen LogP contribution in [0, 0.1) is 6.92 Å². The van der Waals surface area contributed by atoms with Gasteiger partial charge in [-0.2, -0.15) is 0 Å². The van der Waals surface area contributed by atoms with Crippen molar-refractivity contribution < 1.29 is 14.4 Å². The van der Waals surface area contributed by atoms with Crippen molar-refractivity contribution in [2.24, 2.45) is 5.16 Å². The summed E-state index contributed by atoms with van der Waals surface area (Å²) in [6.07, 6.45) is 0. The zero-order chi connectivity index (χ0) is 11.3. The number of aromatic nitrogens is 2. The molecule has 0 saturated carbocycles. The normalized spacial score (nSPS) is 11.3. The largest absolute Gasteiger partial charge is 0.461 e. The molecule has 0 aromatic carbocycles. The molecule has 0 radical (unpaired) electrons. The summed E-state index contributed by atoms with van der Waals surface area (Å²) in [6.45, 7) is 3.78. The van der Waals surface area contributed by atoms with Crippen molar-refractivity contribution in [3.8, 4) is 0 Å². The Hall–Kier alpha value is -1.50. The number of esters is 1. The number of oxime groups is 1. The van der Waals surface area contributed by atoms with E-state index in [1.807, 2.05) is 0 Å². The number of ether oxygens (including phenoxy) is 1. The Morgan fingerprint density at radius 2 is 2.27 bits per heavy atom. The minimum absolute atomic E-state index is 0.0463. The van der Waals surface area contributed by atoms with E-state index in [9.17, 15) is 4.79 Å². The van der Waals surface area contributed by atoms with Gasteiger partial charge >= 0.3 is 5.97 Å². The molecule has 0 unspecified atom stereocenters. The molecule has 0 amide bonds. The summed E-state index contributed by atoms with van der Waals surface area (Å²) in [5, 5.41) is 12.3. The Labute approximate surface area is 90.9 Å². The first-order valence-corrected chi connectivity index (χ1v) is 5.09. The van der Waals surface area contributed by atoms with Gasteiger partial charge in [0.25, 0.3) is 0 Å². The number of carbonyl (C=O) groups excluding carboxylic acids is 1. The number of hydrogen-bond acceptors (Lipinski definition) is 7. The van der Waals surface area contributed by atoms with Gasteiger partial charge in [-0.3, -0.25) is 0 Å². The Bertz CT molecular complexity index is 375. The van der Waals surface area contributed by atoms with Crippen LogP contribution in [0.5, 0.6) is 0 Å². The summed E-state index contributed by atoms with van der Waals surface area (Å²) in [6, 6.07) is 0. The average Bonchev–Trinajstić information content (AvgIpc) is 2.61. The van der Waals surface area contributed by atoms with E-state index in [1.165, 1.54) is 18.4 Å². The standard InChI is InChI=1S/C8H11N3O3S/c1-4-14-8(12)6(11-13-3)7-10-9-5(2)15-7/h4H2,1-3H3/b11-6+. The Morgan fingerprint density at radius 1 is 1.53 bits per heavy atom. The fourth-order valence-corrected chi connectivity index (χ4v) is 1.51. The molecule has 15 heavy (non-hydrogen) atoms. The summed E-state index contributed by atoms with van der Waals surface area (Å²) in [5.41, 5.74) is 0.0463. The lowest BCUT2D eigenvalue weighted by atomic mass is 10.4. The van der Waals surface area contributed by atoms with E-state index in [-0.39, 0.29) is 12.3 Å². The number of aryl methyl sites for hydroxylation is 1. The first-order valence-electron chi connectivity index (χ1n) is 4.27. The van der Waals surface area contributed by atoms with Crippen molar-refractivity contribution >= 4 is 23.0 Å². The Balaban J connectivity index is 2.93. The summed E-state index contributed by atoms with van der Waals surface area (Å²) in [4.78, 5) is 16.0. The maximum Gasteiger partial charge on any atom is 0.363 e. The highest BCUT2D eigenvalue weighted by Gasteiger charge is 2.20. The van der Waals surface area contributed by atoms with Gasteiger partial charge in [0.1, 0.15) is 12.1 Å². The SMILES string of the molecule is CCOC(=O)/C(=N/OC)c1nnc(C)s1. The van der Waals surface area contributed by atoms with Crippen LogP contribution in [0.2, 0.25) is 0 Å². The van der Waals surface area contributed by atoms with Gasteiger partial charge < -0.3 is 9.57 Å². The fourth-order valence-electron chi connectivity index (χ4n) is 0.847. The summed E-state index contributed by atoms with van der Waals surface area (Å²) in [5.74, 6) is -0.560. The molecular formula is C8H11N3O3S. The van der Waals surface area contributed by atoms with E-state index >= 15 is 0 Å². The van der Waals surface area contributed by atoms with Crippen molar-refractivity contribution in [3.63, 3.8) is 0 Å². The first-order chi connectivity index (χ1) is 7.19. The highest BCUT2D eigenvalue weighted by atomic mass is 32.1.